The molecule has 1 rings (SSSR count). The average Bonchev–Trinajstić information content (AvgIpc) is 2.24. The molecule has 0 spiro atoms. The highest BCUT2D eigenvalue weighted by atomic mass is 16.6. The molecule has 0 saturated heterocycles. The number of aromatic amines is 1. The number of rotatable bonds is 5. The van der Waals surface area contributed by atoms with E-state index in [0.29, 0.717) is 6.61 Å². The van der Waals surface area contributed by atoms with Crippen LogP contribution < -0.4 is 11.0 Å². The normalized spacial score (nSPS) is 10.3. The van der Waals surface area contributed by atoms with Gasteiger partial charge in [-0.25, -0.2) is 4.98 Å². The van der Waals surface area contributed by atoms with Crippen LogP contribution >= 0.6 is 0 Å². The largest absolute Gasteiger partial charge is 0.482 e. The van der Waals surface area contributed by atoms with E-state index in [4.69, 9.17) is 4.74 Å². The summed E-state index contributed by atoms with van der Waals surface area (Å²) in [6.45, 7) is 2.16. The molecule has 0 aliphatic rings. The minimum atomic E-state index is -0.853. The summed E-state index contributed by atoms with van der Waals surface area (Å²) in [5, 5.41) is 14.1. The van der Waals surface area contributed by atoms with Crippen molar-refractivity contribution in [1.82, 2.24) is 9.97 Å². The predicted octanol–water partition coefficient (Wildman–Crippen LogP) is 0.0698. The van der Waals surface area contributed by atoms with E-state index in [9.17, 15) is 14.9 Å². The summed E-state index contributed by atoms with van der Waals surface area (Å²) >= 11 is 0. The monoisotopic (exact) mass is 227 g/mol. The van der Waals surface area contributed by atoms with E-state index in [1.165, 1.54) is 0 Å². The fraction of sp³-hybridized carbons (Fsp3) is 0.286. The highest BCUT2D eigenvalue weighted by Gasteiger charge is 2.19. The number of ether oxygens (including phenoxy) is 1. The fourth-order valence-corrected chi connectivity index (χ4v) is 0.843. The molecule has 1 aromatic heterocycles. The summed E-state index contributed by atoms with van der Waals surface area (Å²) in [5.41, 5.74) is 0.691. The predicted molar refractivity (Wildman–Crippen MR) is 55.3 cm³/mol. The van der Waals surface area contributed by atoms with Crippen LogP contribution in [0.2, 0.25) is 0 Å². The minimum Gasteiger partial charge on any atom is -0.482 e. The molecule has 0 aromatic carbocycles. The number of hydrogen-bond donors (Lipinski definition) is 2. The molecule has 0 radical (unpaired) electrons. The van der Waals surface area contributed by atoms with Gasteiger partial charge in [-0.3, -0.25) is 20.3 Å². The van der Waals surface area contributed by atoms with Crippen molar-refractivity contribution >= 4 is 17.9 Å². The zero-order chi connectivity index (χ0) is 12.0. The van der Waals surface area contributed by atoms with Crippen LogP contribution in [0.4, 0.5) is 11.5 Å². The number of nitro groups is 1. The van der Waals surface area contributed by atoms with Crippen LogP contribution in [0.5, 0.6) is 0 Å². The Bertz CT molecular complexity index is 454. The van der Waals surface area contributed by atoms with Crippen molar-refractivity contribution in [3.63, 3.8) is 0 Å². The molecule has 9 heteroatoms. The quantitative estimate of drug-likeness (QED) is 0.317. The first kappa shape index (κ1) is 11.6. The second-order valence-corrected chi connectivity index (χ2v) is 2.49. The Kier molecular flexibility index (Phi) is 3.95. The van der Waals surface area contributed by atoms with Crippen LogP contribution in [0.25, 0.3) is 0 Å². The topological polar surface area (TPSA) is 123 Å². The Balaban J connectivity index is 2.91. The van der Waals surface area contributed by atoms with Crippen molar-refractivity contribution in [2.75, 3.05) is 12.0 Å². The molecular formula is C7H9N5O4. The Labute approximate surface area is 89.3 Å². The van der Waals surface area contributed by atoms with E-state index in [1.807, 2.05) is 0 Å². The summed E-state index contributed by atoms with van der Waals surface area (Å²) in [6.07, 6.45) is 2.10. The molecule has 0 aliphatic carbocycles. The van der Waals surface area contributed by atoms with Gasteiger partial charge in [0.1, 0.15) is 0 Å². The van der Waals surface area contributed by atoms with Gasteiger partial charge < -0.3 is 9.72 Å². The first-order valence-corrected chi connectivity index (χ1v) is 4.28. The average molecular weight is 227 g/mol. The van der Waals surface area contributed by atoms with Gasteiger partial charge in [0, 0.05) is 0 Å². The van der Waals surface area contributed by atoms with E-state index >= 15 is 0 Å². The third kappa shape index (κ3) is 2.77. The number of anilines is 1. The highest BCUT2D eigenvalue weighted by molar-refractivity contribution is 5.56. The number of aromatic nitrogens is 2. The van der Waals surface area contributed by atoms with Crippen LogP contribution in [-0.4, -0.2) is 27.9 Å². The third-order valence-electron chi connectivity index (χ3n) is 1.48. The first-order valence-electron chi connectivity index (χ1n) is 4.28. The van der Waals surface area contributed by atoms with Crippen molar-refractivity contribution in [3.8, 4) is 0 Å². The van der Waals surface area contributed by atoms with Gasteiger partial charge in [0.05, 0.1) is 17.9 Å². The summed E-state index contributed by atoms with van der Waals surface area (Å²) in [5.74, 6) is -0.246. The number of H-pyrrole nitrogens is 1. The van der Waals surface area contributed by atoms with Gasteiger partial charge in [0.25, 0.3) is 0 Å². The first-order chi connectivity index (χ1) is 7.66. The summed E-state index contributed by atoms with van der Waals surface area (Å²) in [4.78, 5) is 26.5. The zero-order valence-electron chi connectivity index (χ0n) is 8.34. The summed E-state index contributed by atoms with van der Waals surface area (Å²) in [6, 6.07) is 0. The molecule has 1 aromatic rings. The zero-order valence-corrected chi connectivity index (χ0v) is 8.34. The molecule has 0 amide bonds. The molecule has 86 valence electrons. The Morgan fingerprint density at radius 2 is 2.56 bits per heavy atom. The van der Waals surface area contributed by atoms with E-state index in [0.717, 1.165) is 12.7 Å². The van der Waals surface area contributed by atoms with Gasteiger partial charge in [-0.1, -0.05) is 0 Å². The molecule has 1 heterocycles. The fourth-order valence-electron chi connectivity index (χ4n) is 0.843. The molecule has 0 aliphatic heterocycles. The summed E-state index contributed by atoms with van der Waals surface area (Å²) < 4.78 is 4.75. The van der Waals surface area contributed by atoms with Crippen LogP contribution in [0.3, 0.4) is 0 Å². The minimum absolute atomic E-state index is 0.246. The van der Waals surface area contributed by atoms with Crippen LogP contribution in [0.1, 0.15) is 6.92 Å². The maximum atomic E-state index is 11.1. The molecular weight excluding hydrogens is 218 g/mol. The second kappa shape index (κ2) is 5.44. The van der Waals surface area contributed by atoms with Crippen LogP contribution in [0.15, 0.2) is 16.2 Å². The van der Waals surface area contributed by atoms with Crippen LogP contribution in [-0.2, 0) is 4.74 Å². The lowest BCUT2D eigenvalue weighted by Gasteiger charge is -1.98. The van der Waals surface area contributed by atoms with E-state index in [2.05, 4.69) is 20.5 Å². The lowest BCUT2D eigenvalue weighted by atomic mass is 10.5. The molecule has 2 N–H and O–H groups in total. The van der Waals surface area contributed by atoms with Crippen LogP contribution in [0, 0.1) is 10.1 Å². The molecule has 16 heavy (non-hydrogen) atoms. The number of hydrazone groups is 1. The van der Waals surface area contributed by atoms with Crippen molar-refractivity contribution in [3.05, 3.63) is 26.8 Å². The van der Waals surface area contributed by atoms with Crippen molar-refractivity contribution < 1.29 is 9.66 Å². The SMILES string of the molecule is CCOC=NNc1nc[nH]c(=O)c1[N+](=O)[O-]. The maximum Gasteiger partial charge on any atom is 0.377 e. The number of hydrogen-bond acceptors (Lipinski definition) is 7. The van der Waals surface area contributed by atoms with Gasteiger partial charge in [-0.05, 0) is 6.92 Å². The van der Waals surface area contributed by atoms with Crippen molar-refractivity contribution in [2.24, 2.45) is 5.10 Å². The van der Waals surface area contributed by atoms with E-state index < -0.39 is 16.2 Å². The maximum absolute atomic E-state index is 11.1. The summed E-state index contributed by atoms with van der Waals surface area (Å²) in [7, 11) is 0. The molecule has 0 atom stereocenters. The lowest BCUT2D eigenvalue weighted by molar-refractivity contribution is -0.385. The smallest absolute Gasteiger partial charge is 0.377 e. The Morgan fingerprint density at radius 3 is 3.19 bits per heavy atom. The van der Waals surface area contributed by atoms with Crippen molar-refractivity contribution in [2.45, 2.75) is 6.92 Å². The van der Waals surface area contributed by atoms with E-state index in [-0.39, 0.29) is 5.82 Å². The third-order valence-corrected chi connectivity index (χ3v) is 1.48. The standard InChI is InChI=1S/C7H9N5O4/c1-2-16-4-10-11-6-5(12(14)15)7(13)9-3-8-6/h3-4H,2H2,1H3,(H2,8,9,11,13). The highest BCUT2D eigenvalue weighted by Crippen LogP contribution is 2.14. The second-order valence-electron chi connectivity index (χ2n) is 2.49. The number of nitrogens with zero attached hydrogens (tertiary/aromatic N) is 3. The molecule has 9 nitrogen and oxygen atoms in total. The van der Waals surface area contributed by atoms with Gasteiger partial charge in [0.2, 0.25) is 5.82 Å². The van der Waals surface area contributed by atoms with E-state index in [1.54, 1.807) is 6.92 Å². The Morgan fingerprint density at radius 1 is 1.81 bits per heavy atom. The van der Waals surface area contributed by atoms with Gasteiger partial charge in [-0.15, -0.1) is 5.10 Å². The van der Waals surface area contributed by atoms with Gasteiger partial charge in [-0.2, -0.15) is 0 Å². The molecule has 0 bridgehead atoms. The van der Waals surface area contributed by atoms with Crippen molar-refractivity contribution in [1.29, 1.82) is 0 Å². The molecule has 0 saturated carbocycles. The molecule has 0 unspecified atom stereocenters. The number of nitrogens with one attached hydrogen (secondary N) is 2. The molecule has 0 fully saturated rings. The lowest BCUT2D eigenvalue weighted by Crippen LogP contribution is -2.14. The Hall–Kier alpha value is -2.45. The van der Waals surface area contributed by atoms with Gasteiger partial charge >= 0.3 is 11.2 Å². The van der Waals surface area contributed by atoms with Gasteiger partial charge in [0.15, 0.2) is 6.40 Å².